The van der Waals surface area contributed by atoms with Crippen LogP contribution in [0.2, 0.25) is 0 Å². The predicted octanol–water partition coefficient (Wildman–Crippen LogP) is 4.86. The molecule has 0 aliphatic heterocycles. The van der Waals surface area contributed by atoms with Gasteiger partial charge in [-0.15, -0.1) is 0 Å². The Labute approximate surface area is 199 Å². The molecule has 0 bridgehead atoms. The number of halogens is 3. The zero-order chi connectivity index (χ0) is 25.0. The summed E-state index contributed by atoms with van der Waals surface area (Å²) in [7, 11) is 0. The fourth-order valence-corrected chi connectivity index (χ4v) is 4.21. The third kappa shape index (κ3) is 3.50. The van der Waals surface area contributed by atoms with Gasteiger partial charge in [-0.1, -0.05) is 24.3 Å². The lowest BCUT2D eigenvalue weighted by molar-refractivity contribution is -0.137. The molecule has 6 rings (SSSR count). The van der Waals surface area contributed by atoms with E-state index in [-0.39, 0.29) is 22.1 Å². The Morgan fingerprint density at radius 3 is 2.47 bits per heavy atom. The molecule has 0 aliphatic carbocycles. The van der Waals surface area contributed by atoms with Crippen LogP contribution in [0.25, 0.3) is 49.8 Å². The van der Waals surface area contributed by atoms with Crippen LogP contribution in [0.4, 0.5) is 13.2 Å². The van der Waals surface area contributed by atoms with Crippen LogP contribution in [0.1, 0.15) is 5.56 Å². The van der Waals surface area contributed by atoms with Crippen LogP contribution in [0.5, 0.6) is 0 Å². The van der Waals surface area contributed by atoms with Crippen molar-refractivity contribution in [3.63, 3.8) is 0 Å². The Bertz CT molecular complexity index is 1940. The second kappa shape index (κ2) is 7.84. The number of rotatable bonds is 2. The Kier molecular flexibility index (Phi) is 4.72. The van der Waals surface area contributed by atoms with Crippen LogP contribution in [-0.4, -0.2) is 24.5 Å². The molecule has 0 atom stereocenters. The van der Waals surface area contributed by atoms with Crippen molar-refractivity contribution in [1.82, 2.24) is 24.5 Å². The smallest absolute Gasteiger partial charge is 0.273 e. The first-order valence-electron chi connectivity index (χ1n) is 10.8. The van der Waals surface area contributed by atoms with Gasteiger partial charge in [-0.2, -0.15) is 13.2 Å². The number of pyridine rings is 3. The second-order valence-electron chi connectivity index (χ2n) is 8.14. The van der Waals surface area contributed by atoms with E-state index in [1.807, 2.05) is 30.3 Å². The Morgan fingerprint density at radius 2 is 1.64 bits per heavy atom. The summed E-state index contributed by atoms with van der Waals surface area (Å²) in [5.41, 5.74) is 0.00535. The van der Waals surface area contributed by atoms with Gasteiger partial charge in [0.15, 0.2) is 0 Å². The summed E-state index contributed by atoms with van der Waals surface area (Å²) in [5, 5.41) is 0.908. The van der Waals surface area contributed by atoms with E-state index in [1.54, 1.807) is 18.3 Å². The van der Waals surface area contributed by atoms with Crippen molar-refractivity contribution >= 4 is 32.8 Å². The Balaban J connectivity index is 1.68. The van der Waals surface area contributed by atoms with Gasteiger partial charge in [-0.25, -0.2) is 9.78 Å². The molecule has 0 saturated heterocycles. The number of aromatic amines is 1. The summed E-state index contributed by atoms with van der Waals surface area (Å²) in [6.07, 6.45) is -1.68. The van der Waals surface area contributed by atoms with Crippen molar-refractivity contribution in [3.8, 4) is 16.9 Å². The maximum Gasteiger partial charge on any atom is 0.416 e. The molecule has 0 unspecified atom stereocenters. The lowest BCUT2D eigenvalue weighted by Gasteiger charge is -2.14. The van der Waals surface area contributed by atoms with Gasteiger partial charge in [0, 0.05) is 23.3 Å². The zero-order valence-corrected chi connectivity index (χ0v) is 18.2. The molecule has 0 spiro atoms. The SMILES string of the molecule is O=c1[nH]c(=O)n(-c2cccc(C(F)(F)F)c2)c2c1cnc1ccc(-c3cnc4ccccc4c3)nc12. The quantitative estimate of drug-likeness (QED) is 0.354. The van der Waals surface area contributed by atoms with E-state index in [2.05, 4.69) is 19.9 Å². The fraction of sp³-hybridized carbons (Fsp3) is 0.0385. The minimum absolute atomic E-state index is 0.0146. The van der Waals surface area contributed by atoms with Gasteiger partial charge < -0.3 is 0 Å². The van der Waals surface area contributed by atoms with Crippen LogP contribution >= 0.6 is 0 Å². The van der Waals surface area contributed by atoms with Crippen molar-refractivity contribution in [2.45, 2.75) is 6.18 Å². The summed E-state index contributed by atoms with van der Waals surface area (Å²) in [6, 6.07) is 17.2. The third-order valence-corrected chi connectivity index (χ3v) is 5.90. The molecule has 6 aromatic rings. The third-order valence-electron chi connectivity index (χ3n) is 5.90. The minimum Gasteiger partial charge on any atom is -0.273 e. The molecular formula is C26H14F3N5O2. The Hall–Kier alpha value is -4.86. The van der Waals surface area contributed by atoms with E-state index in [0.717, 1.165) is 27.6 Å². The highest BCUT2D eigenvalue weighted by molar-refractivity contribution is 6.02. The van der Waals surface area contributed by atoms with Gasteiger partial charge in [0.2, 0.25) is 0 Å². The first-order chi connectivity index (χ1) is 17.3. The van der Waals surface area contributed by atoms with E-state index in [0.29, 0.717) is 16.8 Å². The molecule has 176 valence electrons. The molecule has 7 nitrogen and oxygen atoms in total. The first kappa shape index (κ1) is 21.7. The molecule has 0 saturated carbocycles. The number of hydrogen-bond acceptors (Lipinski definition) is 5. The molecule has 0 fully saturated rings. The monoisotopic (exact) mass is 485 g/mol. The summed E-state index contributed by atoms with van der Waals surface area (Å²) in [6.45, 7) is 0. The van der Waals surface area contributed by atoms with E-state index < -0.39 is 23.0 Å². The largest absolute Gasteiger partial charge is 0.416 e. The van der Waals surface area contributed by atoms with Crippen molar-refractivity contribution in [2.24, 2.45) is 0 Å². The maximum atomic E-state index is 13.4. The number of nitrogens with one attached hydrogen (secondary N) is 1. The molecule has 4 heterocycles. The molecule has 0 aliphatic rings. The van der Waals surface area contributed by atoms with Gasteiger partial charge in [0.05, 0.1) is 38.9 Å². The van der Waals surface area contributed by atoms with Crippen LogP contribution in [0.3, 0.4) is 0 Å². The van der Waals surface area contributed by atoms with Crippen molar-refractivity contribution < 1.29 is 13.2 Å². The number of benzene rings is 2. The number of hydrogen-bond donors (Lipinski definition) is 1. The molecule has 36 heavy (non-hydrogen) atoms. The summed E-state index contributed by atoms with van der Waals surface area (Å²) >= 11 is 0. The van der Waals surface area contributed by atoms with Crippen molar-refractivity contribution in [2.75, 3.05) is 0 Å². The number of para-hydroxylation sites is 1. The molecule has 2 aromatic carbocycles. The highest BCUT2D eigenvalue weighted by Gasteiger charge is 2.31. The number of fused-ring (bicyclic) bond motifs is 4. The first-order valence-corrected chi connectivity index (χ1v) is 10.8. The van der Waals surface area contributed by atoms with Crippen LogP contribution in [0, 0.1) is 0 Å². The van der Waals surface area contributed by atoms with Gasteiger partial charge in [0.1, 0.15) is 5.52 Å². The fourth-order valence-electron chi connectivity index (χ4n) is 4.21. The van der Waals surface area contributed by atoms with Crippen LogP contribution < -0.4 is 11.2 Å². The van der Waals surface area contributed by atoms with Crippen LogP contribution in [-0.2, 0) is 6.18 Å². The van der Waals surface area contributed by atoms with E-state index in [1.165, 1.54) is 18.3 Å². The molecule has 0 radical (unpaired) electrons. The van der Waals surface area contributed by atoms with Gasteiger partial charge in [0.25, 0.3) is 5.56 Å². The summed E-state index contributed by atoms with van der Waals surface area (Å²) < 4.78 is 41.2. The standard InChI is InChI=1S/C26H14F3N5O2/c27-26(28,29)16-5-3-6-17(11-16)34-23-18(24(35)33-25(34)36)13-31-21-9-8-20(32-22(21)23)15-10-14-4-1-2-7-19(14)30-12-15/h1-13H,(H,33,35,36). The number of H-pyrrole nitrogens is 1. The molecule has 4 aromatic heterocycles. The highest BCUT2D eigenvalue weighted by Crippen LogP contribution is 2.31. The number of aromatic nitrogens is 5. The molecular weight excluding hydrogens is 471 g/mol. The average molecular weight is 485 g/mol. The maximum absolute atomic E-state index is 13.4. The summed E-state index contributed by atoms with van der Waals surface area (Å²) in [5.74, 6) is 0. The zero-order valence-electron chi connectivity index (χ0n) is 18.2. The van der Waals surface area contributed by atoms with Gasteiger partial charge in [-0.3, -0.25) is 24.3 Å². The van der Waals surface area contributed by atoms with E-state index >= 15 is 0 Å². The summed E-state index contributed by atoms with van der Waals surface area (Å²) in [4.78, 5) is 41.1. The lowest BCUT2D eigenvalue weighted by Crippen LogP contribution is -2.29. The lowest BCUT2D eigenvalue weighted by atomic mass is 10.1. The van der Waals surface area contributed by atoms with Crippen molar-refractivity contribution in [3.05, 3.63) is 106 Å². The number of alkyl halides is 3. The van der Waals surface area contributed by atoms with Crippen LogP contribution in [0.15, 0.2) is 88.7 Å². The number of nitrogens with zero attached hydrogens (tertiary/aromatic N) is 4. The van der Waals surface area contributed by atoms with Gasteiger partial charge >= 0.3 is 11.9 Å². The predicted molar refractivity (Wildman–Crippen MR) is 129 cm³/mol. The molecule has 10 heteroatoms. The molecule has 1 N–H and O–H groups in total. The van der Waals surface area contributed by atoms with Crippen molar-refractivity contribution in [1.29, 1.82) is 0 Å². The highest BCUT2D eigenvalue weighted by atomic mass is 19.4. The normalized spacial score (nSPS) is 12.0. The van der Waals surface area contributed by atoms with E-state index in [9.17, 15) is 22.8 Å². The Morgan fingerprint density at radius 1 is 0.833 bits per heavy atom. The second-order valence-corrected chi connectivity index (χ2v) is 8.14. The topological polar surface area (TPSA) is 93.5 Å². The average Bonchev–Trinajstić information content (AvgIpc) is 2.87. The minimum atomic E-state index is -4.62. The van der Waals surface area contributed by atoms with Gasteiger partial charge in [-0.05, 0) is 42.5 Å². The molecule has 0 amide bonds. The van der Waals surface area contributed by atoms with E-state index in [4.69, 9.17) is 0 Å².